The molecule has 0 bridgehead atoms. The molecule has 1 aliphatic carbocycles. The number of piperazine rings is 1. The van der Waals surface area contributed by atoms with E-state index in [2.05, 4.69) is 19.6 Å². The highest BCUT2D eigenvalue weighted by molar-refractivity contribution is 7.89. The van der Waals surface area contributed by atoms with Gasteiger partial charge in [-0.15, -0.1) is 0 Å². The molecule has 0 spiro atoms. The third-order valence-corrected chi connectivity index (χ3v) is 7.23. The van der Waals surface area contributed by atoms with Crippen LogP contribution in [0.25, 0.3) is 5.52 Å². The van der Waals surface area contributed by atoms with E-state index in [0.717, 1.165) is 24.2 Å². The summed E-state index contributed by atoms with van der Waals surface area (Å²) >= 11 is 0. The van der Waals surface area contributed by atoms with Gasteiger partial charge in [-0.3, -0.25) is 0 Å². The van der Waals surface area contributed by atoms with Crippen molar-refractivity contribution in [2.45, 2.75) is 30.6 Å². The van der Waals surface area contributed by atoms with Crippen LogP contribution in [0.1, 0.15) is 24.1 Å². The van der Waals surface area contributed by atoms with Crippen molar-refractivity contribution in [3.63, 3.8) is 0 Å². The smallest absolute Gasteiger partial charge is 0.248 e. The lowest BCUT2D eigenvalue weighted by Crippen LogP contribution is -2.49. The molecule has 0 amide bonds. The quantitative estimate of drug-likeness (QED) is 0.663. The molecule has 1 aliphatic heterocycles. The zero-order chi connectivity index (χ0) is 18.4. The average Bonchev–Trinajstić information content (AvgIpc) is 3.36. The van der Waals surface area contributed by atoms with Crippen molar-refractivity contribution in [1.82, 2.24) is 24.1 Å². The molecule has 2 aliphatic rings. The predicted octanol–water partition coefficient (Wildman–Crippen LogP) is 1.11. The van der Waals surface area contributed by atoms with Gasteiger partial charge in [0.15, 0.2) is 5.82 Å². The second-order valence-electron chi connectivity index (χ2n) is 6.93. The van der Waals surface area contributed by atoms with Gasteiger partial charge >= 0.3 is 0 Å². The van der Waals surface area contributed by atoms with E-state index < -0.39 is 10.0 Å². The maximum absolute atomic E-state index is 12.6. The summed E-state index contributed by atoms with van der Waals surface area (Å²) < 4.78 is 33.4. The highest BCUT2D eigenvalue weighted by Crippen LogP contribution is 2.31. The summed E-state index contributed by atoms with van der Waals surface area (Å²) in [5, 5.41) is 8.23. The molecule has 3 aromatic heterocycles. The number of hydrogen-bond donors (Lipinski definition) is 0. The summed E-state index contributed by atoms with van der Waals surface area (Å²) in [6.45, 7) is 1.95. The van der Waals surface area contributed by atoms with Crippen LogP contribution < -0.4 is 4.90 Å². The van der Waals surface area contributed by atoms with Crippen LogP contribution in [0.4, 0.5) is 5.82 Å². The highest BCUT2D eigenvalue weighted by atomic mass is 32.2. The average molecular weight is 388 g/mol. The van der Waals surface area contributed by atoms with Crippen molar-refractivity contribution in [1.29, 1.82) is 0 Å². The Morgan fingerprint density at radius 1 is 1.07 bits per heavy atom. The maximum atomic E-state index is 12.6. The molecule has 1 fully saturated rings. The van der Waals surface area contributed by atoms with Gasteiger partial charge in [0.2, 0.25) is 10.0 Å². The minimum absolute atomic E-state index is 0.0982. The fraction of sp³-hybridized carbons (Fsp3) is 0.471. The van der Waals surface area contributed by atoms with E-state index in [9.17, 15) is 8.42 Å². The molecule has 1 saturated heterocycles. The van der Waals surface area contributed by atoms with E-state index in [0.29, 0.717) is 26.2 Å². The Kier molecular flexibility index (Phi) is 3.90. The number of hydrogen-bond acceptors (Lipinski definition) is 7. The van der Waals surface area contributed by atoms with E-state index in [4.69, 9.17) is 5.10 Å². The number of rotatable bonds is 3. The Labute approximate surface area is 156 Å². The second kappa shape index (κ2) is 6.31. The number of sulfonamides is 1. The Balaban J connectivity index is 1.42. The van der Waals surface area contributed by atoms with E-state index in [-0.39, 0.29) is 4.90 Å². The predicted molar refractivity (Wildman–Crippen MR) is 97.1 cm³/mol. The van der Waals surface area contributed by atoms with Gasteiger partial charge in [-0.05, 0) is 25.7 Å². The molecule has 4 heterocycles. The standard InChI is InChI=1S/C17H20N6O3S/c24-27(25,13-11-19-26-12-13)22-9-7-21(8-10-22)17-16-14-3-1-2-4-15(14)20-23(16)6-5-18-17/h5-6,11-12H,1-4,7-10H2. The van der Waals surface area contributed by atoms with Gasteiger partial charge < -0.3 is 9.42 Å². The molecule has 0 N–H and O–H groups in total. The van der Waals surface area contributed by atoms with Crippen LogP contribution in [0.2, 0.25) is 0 Å². The fourth-order valence-electron chi connectivity index (χ4n) is 3.99. The molecule has 10 heteroatoms. The van der Waals surface area contributed by atoms with Crippen molar-refractivity contribution >= 4 is 21.4 Å². The Morgan fingerprint density at radius 2 is 1.89 bits per heavy atom. The van der Waals surface area contributed by atoms with E-state index in [1.54, 1.807) is 6.20 Å². The highest BCUT2D eigenvalue weighted by Gasteiger charge is 2.31. The van der Waals surface area contributed by atoms with Gasteiger partial charge in [0.1, 0.15) is 16.7 Å². The number of fused-ring (bicyclic) bond motifs is 3. The third kappa shape index (κ3) is 2.71. The van der Waals surface area contributed by atoms with Crippen LogP contribution in [0.15, 0.2) is 34.3 Å². The lowest BCUT2D eigenvalue weighted by molar-refractivity contribution is 0.382. The maximum Gasteiger partial charge on any atom is 0.248 e. The minimum Gasteiger partial charge on any atom is -0.363 e. The first-order chi connectivity index (χ1) is 13.1. The molecule has 0 unspecified atom stereocenters. The molecule has 3 aromatic rings. The Hall–Kier alpha value is -2.46. The summed E-state index contributed by atoms with van der Waals surface area (Å²) in [6.07, 6.45) is 10.5. The molecule has 142 valence electrons. The van der Waals surface area contributed by atoms with Crippen LogP contribution in [0.3, 0.4) is 0 Å². The largest absolute Gasteiger partial charge is 0.363 e. The van der Waals surface area contributed by atoms with Crippen LogP contribution in [0.5, 0.6) is 0 Å². The molecule has 5 rings (SSSR count). The molecule has 0 aromatic carbocycles. The van der Waals surface area contributed by atoms with Crippen molar-refractivity contribution in [3.05, 3.63) is 36.1 Å². The zero-order valence-corrected chi connectivity index (χ0v) is 15.6. The van der Waals surface area contributed by atoms with Gasteiger partial charge in [-0.25, -0.2) is 17.9 Å². The number of aryl methyl sites for hydroxylation is 2. The summed E-state index contributed by atoms with van der Waals surface area (Å²) in [7, 11) is -3.56. The first-order valence-electron chi connectivity index (χ1n) is 9.14. The van der Waals surface area contributed by atoms with Crippen molar-refractivity contribution in [2.24, 2.45) is 0 Å². The van der Waals surface area contributed by atoms with Gasteiger partial charge in [-0.2, -0.15) is 9.40 Å². The van der Waals surface area contributed by atoms with Gasteiger partial charge in [-0.1, -0.05) is 5.16 Å². The lowest BCUT2D eigenvalue weighted by Gasteiger charge is -2.34. The summed E-state index contributed by atoms with van der Waals surface area (Å²) in [4.78, 5) is 6.88. The molecule has 27 heavy (non-hydrogen) atoms. The topological polar surface area (TPSA) is 96.8 Å². The molecule has 9 nitrogen and oxygen atoms in total. The zero-order valence-electron chi connectivity index (χ0n) is 14.8. The molecule has 0 radical (unpaired) electrons. The van der Waals surface area contributed by atoms with E-state index in [1.807, 2.05) is 10.7 Å². The summed E-state index contributed by atoms with van der Waals surface area (Å²) in [6, 6.07) is 0. The number of aromatic nitrogens is 4. The fourth-order valence-corrected chi connectivity index (χ4v) is 5.27. The SMILES string of the molecule is O=S(=O)(c1cnoc1)N1CCN(c2nccn3nc4c(c23)CCCC4)CC1. The lowest BCUT2D eigenvalue weighted by atomic mass is 9.97. The van der Waals surface area contributed by atoms with Gasteiger partial charge in [0.05, 0.1) is 11.9 Å². The first kappa shape index (κ1) is 16.7. The van der Waals surface area contributed by atoms with E-state index >= 15 is 0 Å². The second-order valence-corrected chi connectivity index (χ2v) is 8.87. The Morgan fingerprint density at radius 3 is 2.67 bits per heavy atom. The molecular weight excluding hydrogens is 368 g/mol. The first-order valence-corrected chi connectivity index (χ1v) is 10.6. The minimum atomic E-state index is -3.56. The Bertz CT molecular complexity index is 1070. The number of anilines is 1. The summed E-state index contributed by atoms with van der Waals surface area (Å²) in [5.41, 5.74) is 3.54. The normalized spacial score (nSPS) is 18.7. The van der Waals surface area contributed by atoms with Crippen molar-refractivity contribution < 1.29 is 12.9 Å². The van der Waals surface area contributed by atoms with Crippen LogP contribution >= 0.6 is 0 Å². The van der Waals surface area contributed by atoms with Gasteiger partial charge in [0.25, 0.3) is 0 Å². The third-order valence-electron chi connectivity index (χ3n) is 5.38. The molecule has 0 saturated carbocycles. The van der Waals surface area contributed by atoms with Crippen molar-refractivity contribution in [2.75, 3.05) is 31.1 Å². The summed E-state index contributed by atoms with van der Waals surface area (Å²) in [5.74, 6) is 0.898. The number of nitrogens with zero attached hydrogens (tertiary/aromatic N) is 6. The van der Waals surface area contributed by atoms with Crippen LogP contribution in [-0.4, -0.2) is 58.7 Å². The van der Waals surface area contributed by atoms with Crippen molar-refractivity contribution in [3.8, 4) is 0 Å². The van der Waals surface area contributed by atoms with E-state index in [1.165, 1.54) is 40.9 Å². The monoisotopic (exact) mass is 388 g/mol. The van der Waals surface area contributed by atoms with Gasteiger partial charge in [0, 0.05) is 44.1 Å². The van der Waals surface area contributed by atoms with Crippen LogP contribution in [0, 0.1) is 0 Å². The molecule has 0 atom stereocenters. The molecular formula is C17H20N6O3S. The van der Waals surface area contributed by atoms with Crippen LogP contribution in [-0.2, 0) is 22.9 Å².